The van der Waals surface area contributed by atoms with Crippen molar-refractivity contribution in [3.63, 3.8) is 0 Å². The van der Waals surface area contributed by atoms with Gasteiger partial charge in [-0.25, -0.2) is 4.98 Å². The fraction of sp³-hybridized carbons (Fsp3) is 0.364. The summed E-state index contributed by atoms with van der Waals surface area (Å²) in [5.41, 5.74) is 3.07. The largest absolute Gasteiger partial charge is 0.379 e. The molecule has 0 bridgehead atoms. The van der Waals surface area contributed by atoms with Crippen molar-refractivity contribution < 1.29 is 9.53 Å². The topological polar surface area (TPSA) is 70.2 Å². The Bertz CT molecular complexity index is 870. The van der Waals surface area contributed by atoms with Crippen LogP contribution in [0.15, 0.2) is 54.6 Å². The zero-order valence-electron chi connectivity index (χ0n) is 15.9. The molecule has 146 valence electrons. The van der Waals surface area contributed by atoms with Crippen LogP contribution in [0.25, 0.3) is 11.0 Å². The first kappa shape index (κ1) is 18.7. The quantitative estimate of drug-likeness (QED) is 0.663. The number of amides is 1. The van der Waals surface area contributed by atoms with Gasteiger partial charge in [0.05, 0.1) is 30.3 Å². The molecule has 2 aromatic carbocycles. The second kappa shape index (κ2) is 8.99. The smallest absolute Gasteiger partial charge is 0.220 e. The Hall–Kier alpha value is -2.70. The number of ether oxygens (including phenoxy) is 1. The highest BCUT2D eigenvalue weighted by Gasteiger charge is 2.20. The van der Waals surface area contributed by atoms with Crippen LogP contribution in [-0.4, -0.2) is 53.6 Å². The Kier molecular flexibility index (Phi) is 5.99. The summed E-state index contributed by atoms with van der Waals surface area (Å²) in [7, 11) is 0. The second-order valence-corrected chi connectivity index (χ2v) is 7.14. The van der Waals surface area contributed by atoms with Crippen LogP contribution in [0.3, 0.4) is 0 Å². The number of aromatic nitrogens is 2. The first-order valence-electron chi connectivity index (χ1n) is 9.86. The van der Waals surface area contributed by atoms with Gasteiger partial charge in [0, 0.05) is 32.5 Å². The molecular formula is C22H26N4O2. The van der Waals surface area contributed by atoms with Crippen molar-refractivity contribution in [2.24, 2.45) is 0 Å². The van der Waals surface area contributed by atoms with Gasteiger partial charge in [-0.15, -0.1) is 0 Å². The fourth-order valence-electron chi connectivity index (χ4n) is 3.58. The van der Waals surface area contributed by atoms with Crippen LogP contribution in [-0.2, 0) is 16.0 Å². The lowest BCUT2D eigenvalue weighted by Crippen LogP contribution is -2.43. The van der Waals surface area contributed by atoms with E-state index in [1.165, 1.54) is 0 Å². The van der Waals surface area contributed by atoms with E-state index in [9.17, 15) is 4.79 Å². The Labute approximate surface area is 164 Å². The van der Waals surface area contributed by atoms with Crippen molar-refractivity contribution >= 4 is 16.9 Å². The number of aromatic amines is 1. The predicted octanol–water partition coefficient (Wildman–Crippen LogP) is 2.69. The minimum atomic E-state index is -0.0255. The van der Waals surface area contributed by atoms with Gasteiger partial charge >= 0.3 is 0 Å². The molecule has 3 aromatic rings. The monoisotopic (exact) mass is 378 g/mol. The number of benzene rings is 2. The van der Waals surface area contributed by atoms with Gasteiger partial charge in [-0.2, -0.15) is 0 Å². The molecule has 28 heavy (non-hydrogen) atoms. The second-order valence-electron chi connectivity index (χ2n) is 7.14. The molecule has 0 aliphatic carbocycles. The normalized spacial score (nSPS) is 16.1. The van der Waals surface area contributed by atoms with E-state index >= 15 is 0 Å². The van der Waals surface area contributed by atoms with Crippen LogP contribution in [0.5, 0.6) is 0 Å². The molecule has 2 heterocycles. The number of rotatable bonds is 7. The molecule has 1 aliphatic heterocycles. The number of hydrogen-bond acceptors (Lipinski definition) is 4. The SMILES string of the molecule is O=C(CCc1nc2ccccc2[nH]1)NC(CN1CCOCC1)c1ccccc1. The molecule has 0 radical (unpaired) electrons. The van der Waals surface area contributed by atoms with Gasteiger partial charge < -0.3 is 15.0 Å². The van der Waals surface area contributed by atoms with Crippen LogP contribution in [0, 0.1) is 0 Å². The number of carbonyl (C=O) groups is 1. The molecule has 6 heteroatoms. The predicted molar refractivity (Wildman–Crippen MR) is 109 cm³/mol. The van der Waals surface area contributed by atoms with Crippen LogP contribution in [0.1, 0.15) is 23.9 Å². The van der Waals surface area contributed by atoms with Gasteiger partial charge in [0.25, 0.3) is 0 Å². The number of nitrogens with one attached hydrogen (secondary N) is 2. The third-order valence-corrected chi connectivity index (χ3v) is 5.11. The van der Waals surface area contributed by atoms with Gasteiger partial charge in [-0.05, 0) is 17.7 Å². The molecule has 1 aliphatic rings. The van der Waals surface area contributed by atoms with Crippen molar-refractivity contribution in [2.45, 2.75) is 18.9 Å². The maximum absolute atomic E-state index is 12.7. The summed E-state index contributed by atoms with van der Waals surface area (Å²) in [4.78, 5) is 22.9. The highest BCUT2D eigenvalue weighted by atomic mass is 16.5. The van der Waals surface area contributed by atoms with Crippen LogP contribution >= 0.6 is 0 Å². The molecule has 0 saturated carbocycles. The number of H-pyrrole nitrogens is 1. The van der Waals surface area contributed by atoms with Gasteiger partial charge in [0.15, 0.2) is 0 Å². The lowest BCUT2D eigenvalue weighted by atomic mass is 10.1. The Balaban J connectivity index is 1.38. The van der Waals surface area contributed by atoms with E-state index in [2.05, 4.69) is 32.3 Å². The van der Waals surface area contributed by atoms with Crippen LogP contribution < -0.4 is 5.32 Å². The first-order chi connectivity index (χ1) is 13.8. The summed E-state index contributed by atoms with van der Waals surface area (Å²) >= 11 is 0. The number of imidazole rings is 1. The molecule has 1 aromatic heterocycles. The molecule has 1 amide bonds. The molecule has 2 N–H and O–H groups in total. The highest BCUT2D eigenvalue weighted by Crippen LogP contribution is 2.16. The van der Waals surface area contributed by atoms with Crippen molar-refractivity contribution in [1.82, 2.24) is 20.2 Å². The number of para-hydroxylation sites is 2. The van der Waals surface area contributed by atoms with Crippen LogP contribution in [0.4, 0.5) is 0 Å². The molecule has 1 unspecified atom stereocenters. The number of nitrogens with zero attached hydrogens (tertiary/aromatic N) is 2. The average Bonchev–Trinajstić information content (AvgIpc) is 3.16. The first-order valence-corrected chi connectivity index (χ1v) is 9.86. The van der Waals surface area contributed by atoms with Gasteiger partial charge in [0.1, 0.15) is 5.82 Å². The molecular weight excluding hydrogens is 352 g/mol. The molecule has 4 rings (SSSR count). The van der Waals surface area contributed by atoms with E-state index in [-0.39, 0.29) is 11.9 Å². The van der Waals surface area contributed by atoms with Gasteiger partial charge in [-0.3, -0.25) is 9.69 Å². The van der Waals surface area contributed by atoms with Crippen molar-refractivity contribution in [2.75, 3.05) is 32.8 Å². The summed E-state index contributed by atoms with van der Waals surface area (Å²) in [5, 5.41) is 3.22. The fourth-order valence-corrected chi connectivity index (χ4v) is 3.58. The maximum atomic E-state index is 12.7. The molecule has 0 spiro atoms. The lowest BCUT2D eigenvalue weighted by molar-refractivity contribution is -0.122. The minimum absolute atomic E-state index is 0.0255. The summed E-state index contributed by atoms with van der Waals surface area (Å²) in [6.45, 7) is 4.10. The van der Waals surface area contributed by atoms with E-state index in [0.29, 0.717) is 12.8 Å². The number of morpholine rings is 1. The van der Waals surface area contributed by atoms with E-state index in [1.807, 2.05) is 42.5 Å². The van der Waals surface area contributed by atoms with Gasteiger partial charge in [-0.1, -0.05) is 42.5 Å². The number of hydrogen-bond donors (Lipinski definition) is 2. The third kappa shape index (κ3) is 4.77. The maximum Gasteiger partial charge on any atom is 0.220 e. The van der Waals surface area contributed by atoms with E-state index < -0.39 is 0 Å². The van der Waals surface area contributed by atoms with E-state index in [4.69, 9.17) is 4.74 Å². The highest BCUT2D eigenvalue weighted by molar-refractivity contribution is 5.77. The van der Waals surface area contributed by atoms with Gasteiger partial charge in [0.2, 0.25) is 5.91 Å². The standard InChI is InChI=1S/C22H26N4O2/c27-22(11-10-21-23-18-8-4-5-9-19(18)24-21)25-20(17-6-2-1-3-7-17)16-26-12-14-28-15-13-26/h1-9,20H,10-16H2,(H,23,24)(H,25,27). The van der Waals surface area contributed by atoms with Crippen molar-refractivity contribution in [1.29, 1.82) is 0 Å². The van der Waals surface area contributed by atoms with Crippen LogP contribution in [0.2, 0.25) is 0 Å². The average molecular weight is 378 g/mol. The number of carbonyl (C=O) groups excluding carboxylic acids is 1. The zero-order valence-corrected chi connectivity index (χ0v) is 15.9. The number of fused-ring (bicyclic) bond motifs is 1. The van der Waals surface area contributed by atoms with Crippen molar-refractivity contribution in [3.8, 4) is 0 Å². The minimum Gasteiger partial charge on any atom is -0.379 e. The summed E-state index contributed by atoms with van der Waals surface area (Å²) in [5.74, 6) is 0.892. The summed E-state index contributed by atoms with van der Waals surface area (Å²) < 4.78 is 5.44. The summed E-state index contributed by atoms with van der Waals surface area (Å²) in [6.07, 6.45) is 1.01. The third-order valence-electron chi connectivity index (χ3n) is 5.11. The lowest BCUT2D eigenvalue weighted by Gasteiger charge is -2.31. The molecule has 1 fully saturated rings. The Morgan fingerprint density at radius 2 is 1.86 bits per heavy atom. The summed E-state index contributed by atoms with van der Waals surface area (Å²) in [6, 6.07) is 18.1. The molecule has 1 atom stereocenters. The van der Waals surface area contributed by atoms with E-state index in [1.54, 1.807) is 0 Å². The van der Waals surface area contributed by atoms with Crippen molar-refractivity contribution in [3.05, 3.63) is 66.0 Å². The molecule has 6 nitrogen and oxygen atoms in total. The number of aryl methyl sites for hydroxylation is 1. The molecule has 1 saturated heterocycles. The Morgan fingerprint density at radius 3 is 2.64 bits per heavy atom. The zero-order chi connectivity index (χ0) is 19.2. The van der Waals surface area contributed by atoms with E-state index in [0.717, 1.165) is 55.3 Å². The Morgan fingerprint density at radius 1 is 1.11 bits per heavy atom.